The molecule has 31 heavy (non-hydrogen) atoms. The number of carbonyl (C=O) groups excluding carboxylic acids is 1. The Kier molecular flexibility index (Phi) is 5.93. The van der Waals surface area contributed by atoms with E-state index in [2.05, 4.69) is 10.3 Å². The fourth-order valence-corrected chi connectivity index (χ4v) is 3.91. The predicted molar refractivity (Wildman–Crippen MR) is 112 cm³/mol. The molecular formula is C24H21FN2O4. The van der Waals surface area contributed by atoms with Crippen molar-refractivity contribution in [2.75, 3.05) is 6.61 Å². The Hall–Kier alpha value is -3.74. The van der Waals surface area contributed by atoms with Gasteiger partial charge in [-0.05, 0) is 46.7 Å². The maximum atomic E-state index is 12.9. The summed E-state index contributed by atoms with van der Waals surface area (Å²) in [7, 11) is 0. The third-order valence-electron chi connectivity index (χ3n) is 5.44. The molecule has 6 nitrogen and oxygen atoms in total. The molecule has 1 unspecified atom stereocenters. The minimum atomic E-state index is -1.16. The lowest BCUT2D eigenvalue weighted by Crippen LogP contribution is -2.41. The first-order valence-corrected chi connectivity index (χ1v) is 9.97. The van der Waals surface area contributed by atoms with Crippen molar-refractivity contribution in [3.8, 4) is 11.1 Å². The number of pyridine rings is 1. The summed E-state index contributed by atoms with van der Waals surface area (Å²) in [6.45, 7) is 0.105. The standard InChI is InChI=1S/C24H21FN2O4/c25-22-12-10-15(13-26-22)9-11-21(23(28)29)27-24(30)31-14-20-18-7-3-1-5-16(18)17-6-2-4-8-19(17)20/h1-8,10,12-13,20-21H,9,11,14H2,(H,27,30)(H,28,29). The van der Waals surface area contributed by atoms with Crippen molar-refractivity contribution >= 4 is 12.1 Å². The van der Waals surface area contributed by atoms with E-state index in [0.717, 1.165) is 22.3 Å². The highest BCUT2D eigenvalue weighted by molar-refractivity contribution is 5.81. The van der Waals surface area contributed by atoms with Crippen molar-refractivity contribution in [1.82, 2.24) is 10.3 Å². The first-order chi connectivity index (χ1) is 15.0. The Morgan fingerprint density at radius 1 is 1.03 bits per heavy atom. The number of amides is 1. The zero-order chi connectivity index (χ0) is 21.8. The Bertz CT molecular complexity index is 1060. The van der Waals surface area contributed by atoms with E-state index < -0.39 is 24.1 Å². The number of aliphatic carboxylic acids is 1. The molecule has 0 saturated carbocycles. The molecule has 0 radical (unpaired) electrons. The van der Waals surface area contributed by atoms with Crippen LogP contribution >= 0.6 is 0 Å². The van der Waals surface area contributed by atoms with Gasteiger partial charge in [0, 0.05) is 12.1 Å². The number of carboxylic acid groups (broad SMARTS) is 1. The summed E-state index contributed by atoms with van der Waals surface area (Å²) in [5.41, 5.74) is 5.07. The van der Waals surface area contributed by atoms with Crippen LogP contribution in [0.5, 0.6) is 0 Å². The third kappa shape index (κ3) is 4.55. The molecule has 1 aliphatic carbocycles. The van der Waals surface area contributed by atoms with Crippen molar-refractivity contribution in [3.63, 3.8) is 0 Å². The number of alkyl carbamates (subject to hydrolysis) is 1. The van der Waals surface area contributed by atoms with Crippen LogP contribution in [0.3, 0.4) is 0 Å². The topological polar surface area (TPSA) is 88.5 Å². The first kappa shape index (κ1) is 20.5. The van der Waals surface area contributed by atoms with Crippen LogP contribution < -0.4 is 5.32 Å². The van der Waals surface area contributed by atoms with E-state index in [1.54, 1.807) is 0 Å². The summed E-state index contributed by atoms with van der Waals surface area (Å²) in [4.78, 5) is 27.4. The van der Waals surface area contributed by atoms with Crippen molar-refractivity contribution in [2.45, 2.75) is 24.8 Å². The summed E-state index contributed by atoms with van der Waals surface area (Å²) in [6.07, 6.45) is 1.02. The molecule has 0 bridgehead atoms. The first-order valence-electron chi connectivity index (χ1n) is 9.97. The molecule has 3 aromatic rings. The van der Waals surface area contributed by atoms with Gasteiger partial charge in [-0.2, -0.15) is 4.39 Å². The number of ether oxygens (including phenoxy) is 1. The normalized spacial score (nSPS) is 13.2. The van der Waals surface area contributed by atoms with Crippen LogP contribution in [0.2, 0.25) is 0 Å². The number of carboxylic acids is 1. The average molecular weight is 420 g/mol. The number of hydrogen-bond donors (Lipinski definition) is 2. The predicted octanol–water partition coefficient (Wildman–Crippen LogP) is 4.15. The van der Waals surface area contributed by atoms with E-state index in [1.807, 2.05) is 48.5 Å². The zero-order valence-electron chi connectivity index (χ0n) is 16.6. The molecule has 0 aliphatic heterocycles. The highest BCUT2D eigenvalue weighted by atomic mass is 19.1. The number of carbonyl (C=O) groups is 2. The van der Waals surface area contributed by atoms with Crippen LogP contribution in [-0.2, 0) is 16.0 Å². The molecule has 1 aliphatic rings. The fourth-order valence-electron chi connectivity index (χ4n) is 3.91. The van der Waals surface area contributed by atoms with Gasteiger partial charge in [0.25, 0.3) is 0 Å². The third-order valence-corrected chi connectivity index (χ3v) is 5.44. The quantitative estimate of drug-likeness (QED) is 0.561. The monoisotopic (exact) mass is 420 g/mol. The van der Waals surface area contributed by atoms with E-state index in [4.69, 9.17) is 4.74 Å². The van der Waals surface area contributed by atoms with Crippen LogP contribution in [-0.4, -0.2) is 34.8 Å². The lowest BCUT2D eigenvalue weighted by molar-refractivity contribution is -0.139. The van der Waals surface area contributed by atoms with E-state index >= 15 is 0 Å². The minimum absolute atomic E-state index is 0.105. The van der Waals surface area contributed by atoms with Gasteiger partial charge in [0.2, 0.25) is 5.95 Å². The van der Waals surface area contributed by atoms with Gasteiger partial charge in [-0.3, -0.25) is 0 Å². The number of benzene rings is 2. The molecule has 2 N–H and O–H groups in total. The van der Waals surface area contributed by atoms with Crippen LogP contribution in [0, 0.1) is 5.95 Å². The lowest BCUT2D eigenvalue weighted by atomic mass is 9.98. The van der Waals surface area contributed by atoms with Gasteiger partial charge in [-0.25, -0.2) is 14.6 Å². The highest BCUT2D eigenvalue weighted by Gasteiger charge is 2.29. The lowest BCUT2D eigenvalue weighted by Gasteiger charge is -2.17. The van der Waals surface area contributed by atoms with E-state index in [-0.39, 0.29) is 18.9 Å². The number of nitrogens with one attached hydrogen (secondary N) is 1. The van der Waals surface area contributed by atoms with Gasteiger partial charge in [-0.15, -0.1) is 0 Å². The second-order valence-corrected chi connectivity index (χ2v) is 7.39. The van der Waals surface area contributed by atoms with Gasteiger partial charge in [-0.1, -0.05) is 54.6 Å². The maximum absolute atomic E-state index is 12.9. The number of aryl methyl sites for hydroxylation is 1. The number of aromatic nitrogens is 1. The molecule has 1 amide bonds. The largest absolute Gasteiger partial charge is 0.480 e. The molecule has 1 heterocycles. The van der Waals surface area contributed by atoms with Gasteiger partial charge in [0.05, 0.1) is 0 Å². The summed E-state index contributed by atoms with van der Waals surface area (Å²) < 4.78 is 18.3. The van der Waals surface area contributed by atoms with Crippen molar-refractivity contribution in [2.24, 2.45) is 0 Å². The number of fused-ring (bicyclic) bond motifs is 3. The van der Waals surface area contributed by atoms with Crippen molar-refractivity contribution in [3.05, 3.63) is 89.5 Å². The SMILES string of the molecule is O=C(NC(CCc1ccc(F)nc1)C(=O)O)OCC1c2ccccc2-c2ccccc21. The summed E-state index contributed by atoms with van der Waals surface area (Å²) in [5.74, 6) is -1.87. The molecule has 158 valence electrons. The van der Waals surface area contributed by atoms with Gasteiger partial charge >= 0.3 is 12.1 Å². The van der Waals surface area contributed by atoms with Gasteiger partial charge in [0.15, 0.2) is 0 Å². The average Bonchev–Trinajstić information content (AvgIpc) is 3.10. The van der Waals surface area contributed by atoms with Crippen LogP contribution in [0.15, 0.2) is 66.9 Å². The van der Waals surface area contributed by atoms with E-state index in [9.17, 15) is 19.1 Å². The molecule has 0 saturated heterocycles. The zero-order valence-corrected chi connectivity index (χ0v) is 16.6. The molecule has 4 rings (SSSR count). The Labute approximate surface area is 178 Å². The minimum Gasteiger partial charge on any atom is -0.480 e. The Morgan fingerprint density at radius 2 is 1.68 bits per heavy atom. The molecule has 1 atom stereocenters. The summed E-state index contributed by atoms with van der Waals surface area (Å²) in [6, 6.07) is 17.6. The van der Waals surface area contributed by atoms with Crippen molar-refractivity contribution in [1.29, 1.82) is 0 Å². The summed E-state index contributed by atoms with van der Waals surface area (Å²) in [5, 5.41) is 11.9. The van der Waals surface area contributed by atoms with E-state index in [1.165, 1.54) is 18.3 Å². The van der Waals surface area contributed by atoms with Crippen LogP contribution in [0.25, 0.3) is 11.1 Å². The second kappa shape index (κ2) is 8.95. The fraction of sp³-hybridized carbons (Fsp3) is 0.208. The molecule has 0 spiro atoms. The van der Waals surface area contributed by atoms with Crippen LogP contribution in [0.1, 0.15) is 29.0 Å². The molecular weight excluding hydrogens is 399 g/mol. The van der Waals surface area contributed by atoms with Gasteiger partial charge in [0.1, 0.15) is 12.6 Å². The Morgan fingerprint density at radius 3 is 2.26 bits per heavy atom. The summed E-state index contributed by atoms with van der Waals surface area (Å²) >= 11 is 0. The van der Waals surface area contributed by atoms with Gasteiger partial charge < -0.3 is 15.2 Å². The number of rotatable bonds is 7. The molecule has 2 aromatic carbocycles. The molecule has 7 heteroatoms. The van der Waals surface area contributed by atoms with Crippen LogP contribution in [0.4, 0.5) is 9.18 Å². The highest BCUT2D eigenvalue weighted by Crippen LogP contribution is 2.44. The number of nitrogens with zero attached hydrogens (tertiary/aromatic N) is 1. The molecule has 0 fully saturated rings. The second-order valence-electron chi connectivity index (χ2n) is 7.39. The van der Waals surface area contributed by atoms with E-state index in [0.29, 0.717) is 12.0 Å². The Balaban J connectivity index is 1.38. The smallest absolute Gasteiger partial charge is 0.407 e. The number of halogens is 1. The molecule has 1 aromatic heterocycles. The number of hydrogen-bond acceptors (Lipinski definition) is 4. The van der Waals surface area contributed by atoms with Crippen molar-refractivity contribution < 1.29 is 23.8 Å². The maximum Gasteiger partial charge on any atom is 0.407 e.